The molecule has 0 saturated carbocycles. The van der Waals surface area contributed by atoms with Crippen molar-refractivity contribution < 1.29 is 4.79 Å². The van der Waals surface area contributed by atoms with E-state index in [9.17, 15) is 4.79 Å². The molecule has 1 aliphatic rings. The maximum atomic E-state index is 10.7. The van der Waals surface area contributed by atoms with Crippen LogP contribution in [0.5, 0.6) is 0 Å². The Bertz CT molecular complexity index is 612. The molecular formula is C15H18N6O. The van der Waals surface area contributed by atoms with Gasteiger partial charge in [0.1, 0.15) is 5.82 Å². The Morgan fingerprint density at radius 2 is 1.86 bits per heavy atom. The van der Waals surface area contributed by atoms with Gasteiger partial charge < -0.3 is 15.1 Å². The lowest BCUT2D eigenvalue weighted by atomic mass is 10.3. The molecule has 1 amide bonds. The molecule has 0 bridgehead atoms. The number of nitrogens with one attached hydrogen (secondary N) is 1. The molecule has 0 atom stereocenters. The molecule has 7 nitrogen and oxygen atoms in total. The zero-order valence-electron chi connectivity index (χ0n) is 12.2. The first-order valence-corrected chi connectivity index (χ1v) is 7.25. The third-order valence-corrected chi connectivity index (χ3v) is 3.63. The van der Waals surface area contributed by atoms with Gasteiger partial charge >= 0.3 is 0 Å². The van der Waals surface area contributed by atoms with Crippen molar-refractivity contribution in [3.8, 4) is 0 Å². The lowest BCUT2D eigenvalue weighted by Crippen LogP contribution is -2.46. The van der Waals surface area contributed by atoms with Gasteiger partial charge in [0.05, 0.1) is 0 Å². The Labute approximate surface area is 129 Å². The van der Waals surface area contributed by atoms with Crippen LogP contribution in [0.4, 0.5) is 11.8 Å². The molecular weight excluding hydrogens is 280 g/mol. The fourth-order valence-electron chi connectivity index (χ4n) is 2.35. The zero-order chi connectivity index (χ0) is 15.2. The van der Waals surface area contributed by atoms with E-state index in [2.05, 4.69) is 25.2 Å². The van der Waals surface area contributed by atoms with Gasteiger partial charge in [-0.1, -0.05) is 0 Å². The predicted octanol–water partition coefficient (Wildman–Crippen LogP) is 0.762. The minimum atomic E-state index is 0.604. The second-order valence-electron chi connectivity index (χ2n) is 5.08. The molecule has 7 heteroatoms. The van der Waals surface area contributed by atoms with Gasteiger partial charge in [-0.15, -0.1) is 0 Å². The molecule has 1 fully saturated rings. The first kappa shape index (κ1) is 14.2. The summed E-state index contributed by atoms with van der Waals surface area (Å²) in [6.07, 6.45) is 6.18. The molecule has 1 aliphatic heterocycles. The molecule has 0 aliphatic carbocycles. The van der Waals surface area contributed by atoms with E-state index in [4.69, 9.17) is 0 Å². The summed E-state index contributed by atoms with van der Waals surface area (Å²) in [5.74, 6) is 1.49. The summed E-state index contributed by atoms with van der Waals surface area (Å²) in [6, 6.07) is 5.80. The Morgan fingerprint density at radius 3 is 2.59 bits per heavy atom. The Kier molecular flexibility index (Phi) is 4.43. The Balaban J connectivity index is 1.61. The van der Waals surface area contributed by atoms with E-state index in [0.29, 0.717) is 12.5 Å². The number of hydrogen-bond donors (Lipinski definition) is 1. The number of carbonyl (C=O) groups excluding carboxylic acids is 1. The van der Waals surface area contributed by atoms with Crippen LogP contribution in [0.25, 0.3) is 0 Å². The smallest absolute Gasteiger partial charge is 0.224 e. The van der Waals surface area contributed by atoms with Crippen molar-refractivity contribution in [2.45, 2.75) is 6.54 Å². The first-order valence-electron chi connectivity index (χ1n) is 7.25. The van der Waals surface area contributed by atoms with Gasteiger partial charge in [0, 0.05) is 51.3 Å². The van der Waals surface area contributed by atoms with Crippen LogP contribution >= 0.6 is 0 Å². The Morgan fingerprint density at radius 1 is 1.09 bits per heavy atom. The molecule has 1 saturated heterocycles. The molecule has 2 aromatic heterocycles. The SMILES string of the molecule is O=CN1CCN(c2ccnc(NCc3ccncc3)n2)CC1. The van der Waals surface area contributed by atoms with Crippen LogP contribution in [-0.2, 0) is 11.3 Å². The number of piperazine rings is 1. The van der Waals surface area contributed by atoms with Gasteiger partial charge in [-0.05, 0) is 23.8 Å². The second-order valence-corrected chi connectivity index (χ2v) is 5.08. The van der Waals surface area contributed by atoms with Crippen LogP contribution in [0.2, 0.25) is 0 Å². The number of carbonyl (C=O) groups is 1. The van der Waals surface area contributed by atoms with Crippen molar-refractivity contribution in [2.24, 2.45) is 0 Å². The Hall–Kier alpha value is -2.70. The maximum Gasteiger partial charge on any atom is 0.224 e. The molecule has 114 valence electrons. The lowest BCUT2D eigenvalue weighted by Gasteiger charge is -2.33. The summed E-state index contributed by atoms with van der Waals surface area (Å²) in [5, 5.41) is 3.22. The fourth-order valence-corrected chi connectivity index (χ4v) is 2.35. The van der Waals surface area contributed by atoms with Crippen molar-refractivity contribution >= 4 is 18.2 Å². The highest BCUT2D eigenvalue weighted by Crippen LogP contribution is 2.14. The molecule has 0 aromatic carbocycles. The predicted molar refractivity (Wildman–Crippen MR) is 83.4 cm³/mol. The van der Waals surface area contributed by atoms with Crippen molar-refractivity contribution in [2.75, 3.05) is 36.4 Å². The number of rotatable bonds is 5. The first-order chi connectivity index (χ1) is 10.8. The van der Waals surface area contributed by atoms with Gasteiger partial charge in [-0.2, -0.15) is 4.98 Å². The summed E-state index contributed by atoms with van der Waals surface area (Å²) >= 11 is 0. The average Bonchev–Trinajstić information content (AvgIpc) is 2.61. The lowest BCUT2D eigenvalue weighted by molar-refractivity contribution is -0.118. The largest absolute Gasteiger partial charge is 0.353 e. The normalized spacial score (nSPS) is 14.7. The average molecular weight is 298 g/mol. The molecule has 22 heavy (non-hydrogen) atoms. The number of anilines is 2. The number of nitrogens with zero attached hydrogens (tertiary/aromatic N) is 5. The van der Waals surface area contributed by atoms with E-state index in [0.717, 1.165) is 44.0 Å². The second kappa shape index (κ2) is 6.84. The van der Waals surface area contributed by atoms with Crippen molar-refractivity contribution in [3.63, 3.8) is 0 Å². The summed E-state index contributed by atoms with van der Waals surface area (Å²) < 4.78 is 0. The van der Waals surface area contributed by atoms with Crippen molar-refractivity contribution in [1.82, 2.24) is 19.9 Å². The number of aromatic nitrogens is 3. The van der Waals surface area contributed by atoms with Crippen molar-refractivity contribution in [1.29, 1.82) is 0 Å². The van der Waals surface area contributed by atoms with Crippen LogP contribution in [0.3, 0.4) is 0 Å². The van der Waals surface area contributed by atoms with Gasteiger partial charge in [-0.3, -0.25) is 9.78 Å². The van der Waals surface area contributed by atoms with Crippen LogP contribution in [0.1, 0.15) is 5.56 Å². The van der Waals surface area contributed by atoms with Crippen molar-refractivity contribution in [3.05, 3.63) is 42.4 Å². The quantitative estimate of drug-likeness (QED) is 0.822. The van der Waals surface area contributed by atoms with Crippen LogP contribution in [0.15, 0.2) is 36.8 Å². The number of amides is 1. The summed E-state index contributed by atoms with van der Waals surface area (Å²) in [5.41, 5.74) is 1.13. The number of pyridine rings is 1. The highest BCUT2D eigenvalue weighted by molar-refractivity contribution is 5.49. The fraction of sp³-hybridized carbons (Fsp3) is 0.333. The van der Waals surface area contributed by atoms with Crippen LogP contribution in [-0.4, -0.2) is 52.4 Å². The summed E-state index contributed by atoms with van der Waals surface area (Å²) in [7, 11) is 0. The standard InChI is InChI=1S/C15H18N6O/c22-12-20-7-9-21(10-8-20)14-3-6-17-15(19-14)18-11-13-1-4-16-5-2-13/h1-6,12H,7-11H2,(H,17,18,19). The van der Waals surface area contributed by atoms with E-state index in [1.165, 1.54) is 0 Å². The highest BCUT2D eigenvalue weighted by Gasteiger charge is 2.16. The molecule has 3 rings (SSSR count). The molecule has 2 aromatic rings. The van der Waals surface area contributed by atoms with Gasteiger partial charge in [0.15, 0.2) is 0 Å². The van der Waals surface area contributed by atoms with Gasteiger partial charge in [0.2, 0.25) is 12.4 Å². The van der Waals surface area contributed by atoms with E-state index >= 15 is 0 Å². The van der Waals surface area contributed by atoms with E-state index in [1.807, 2.05) is 18.2 Å². The topological polar surface area (TPSA) is 74.2 Å². The van der Waals surface area contributed by atoms with Gasteiger partial charge in [0.25, 0.3) is 0 Å². The maximum absolute atomic E-state index is 10.7. The third-order valence-electron chi connectivity index (χ3n) is 3.63. The summed E-state index contributed by atoms with van der Waals surface area (Å²) in [6.45, 7) is 3.70. The van der Waals surface area contributed by atoms with E-state index < -0.39 is 0 Å². The minimum Gasteiger partial charge on any atom is -0.353 e. The van der Waals surface area contributed by atoms with E-state index in [1.54, 1.807) is 23.5 Å². The van der Waals surface area contributed by atoms with Crippen LogP contribution in [0, 0.1) is 0 Å². The van der Waals surface area contributed by atoms with E-state index in [-0.39, 0.29) is 0 Å². The molecule has 0 spiro atoms. The monoisotopic (exact) mass is 298 g/mol. The third kappa shape index (κ3) is 3.49. The van der Waals surface area contributed by atoms with Gasteiger partial charge in [-0.25, -0.2) is 4.98 Å². The molecule has 0 radical (unpaired) electrons. The zero-order valence-corrected chi connectivity index (χ0v) is 12.2. The molecule has 0 unspecified atom stereocenters. The number of hydrogen-bond acceptors (Lipinski definition) is 6. The molecule has 3 heterocycles. The highest BCUT2D eigenvalue weighted by atomic mass is 16.1. The molecule has 1 N–H and O–H groups in total. The van der Waals surface area contributed by atoms with Crippen LogP contribution < -0.4 is 10.2 Å². The summed E-state index contributed by atoms with van der Waals surface area (Å²) in [4.78, 5) is 27.5. The minimum absolute atomic E-state index is 0.604.